The van der Waals surface area contributed by atoms with E-state index in [1.54, 1.807) is 6.07 Å². The lowest BCUT2D eigenvalue weighted by atomic mass is 9.77. The number of nitrogens with zero attached hydrogens (tertiary/aromatic N) is 3. The van der Waals surface area contributed by atoms with Crippen molar-refractivity contribution in [3.8, 4) is 0 Å². The SMILES string of the molecule is CC(C)(CN1CCOCC1)c1nc(C2Cc3ccc(F)cc32)no1. The highest BCUT2D eigenvalue weighted by atomic mass is 19.1. The third-order valence-electron chi connectivity index (χ3n) is 4.96. The van der Waals surface area contributed by atoms with Gasteiger partial charge in [-0.1, -0.05) is 11.2 Å². The third kappa shape index (κ3) is 2.84. The summed E-state index contributed by atoms with van der Waals surface area (Å²) in [6, 6.07) is 4.92. The van der Waals surface area contributed by atoms with Crippen LogP contribution < -0.4 is 0 Å². The number of benzene rings is 1. The van der Waals surface area contributed by atoms with Crippen molar-refractivity contribution in [3.63, 3.8) is 0 Å². The highest BCUT2D eigenvalue weighted by molar-refractivity contribution is 5.44. The van der Waals surface area contributed by atoms with Crippen LogP contribution >= 0.6 is 0 Å². The lowest BCUT2D eigenvalue weighted by Crippen LogP contribution is -2.43. The molecule has 1 aromatic heterocycles. The molecule has 2 aromatic rings. The quantitative estimate of drug-likeness (QED) is 0.862. The fraction of sp³-hybridized carbons (Fsp3) is 0.556. The molecule has 1 fully saturated rings. The summed E-state index contributed by atoms with van der Waals surface area (Å²) >= 11 is 0. The number of morpholine rings is 1. The summed E-state index contributed by atoms with van der Waals surface area (Å²) in [6.07, 6.45) is 0.846. The molecule has 4 rings (SSSR count). The third-order valence-corrected chi connectivity index (χ3v) is 4.96. The monoisotopic (exact) mass is 331 g/mol. The van der Waals surface area contributed by atoms with Gasteiger partial charge in [-0.2, -0.15) is 4.98 Å². The molecule has 0 spiro atoms. The number of halogens is 1. The van der Waals surface area contributed by atoms with Crippen LogP contribution in [0, 0.1) is 5.82 Å². The molecular weight excluding hydrogens is 309 g/mol. The van der Waals surface area contributed by atoms with Gasteiger partial charge in [-0.05, 0) is 43.5 Å². The lowest BCUT2D eigenvalue weighted by molar-refractivity contribution is 0.0269. The maximum Gasteiger partial charge on any atom is 0.233 e. The molecule has 1 aromatic carbocycles. The van der Waals surface area contributed by atoms with Gasteiger partial charge in [0.25, 0.3) is 0 Å². The molecule has 0 radical (unpaired) electrons. The van der Waals surface area contributed by atoms with Gasteiger partial charge in [-0.25, -0.2) is 4.39 Å². The predicted molar refractivity (Wildman–Crippen MR) is 86.5 cm³/mol. The number of rotatable bonds is 4. The van der Waals surface area contributed by atoms with E-state index < -0.39 is 0 Å². The van der Waals surface area contributed by atoms with E-state index in [0.717, 1.165) is 44.8 Å². The van der Waals surface area contributed by atoms with Crippen LogP contribution in [-0.2, 0) is 16.6 Å². The summed E-state index contributed by atoms with van der Waals surface area (Å²) in [5.41, 5.74) is 1.92. The van der Waals surface area contributed by atoms with Crippen LogP contribution in [0.4, 0.5) is 4.39 Å². The Hall–Kier alpha value is -1.79. The maximum atomic E-state index is 13.4. The topological polar surface area (TPSA) is 51.4 Å². The van der Waals surface area contributed by atoms with E-state index in [1.807, 2.05) is 6.07 Å². The van der Waals surface area contributed by atoms with E-state index in [9.17, 15) is 4.39 Å². The minimum absolute atomic E-state index is 0.0485. The van der Waals surface area contributed by atoms with E-state index in [-0.39, 0.29) is 17.2 Å². The average Bonchev–Trinajstić information content (AvgIpc) is 3.01. The molecule has 1 aliphatic heterocycles. The maximum absolute atomic E-state index is 13.4. The largest absolute Gasteiger partial charge is 0.379 e. The number of hydrogen-bond donors (Lipinski definition) is 0. The van der Waals surface area contributed by atoms with Crippen LogP contribution in [0.2, 0.25) is 0 Å². The molecular formula is C18H22FN3O2. The molecule has 0 saturated carbocycles. The Kier molecular flexibility index (Phi) is 3.89. The first-order valence-electron chi connectivity index (χ1n) is 8.45. The Morgan fingerprint density at radius 3 is 2.88 bits per heavy atom. The van der Waals surface area contributed by atoms with E-state index >= 15 is 0 Å². The summed E-state index contributed by atoms with van der Waals surface area (Å²) in [4.78, 5) is 7.00. The molecule has 0 bridgehead atoms. The van der Waals surface area contributed by atoms with Gasteiger partial charge in [-0.15, -0.1) is 0 Å². The second-order valence-electron chi connectivity index (χ2n) is 7.33. The molecule has 1 atom stereocenters. The van der Waals surface area contributed by atoms with Crippen molar-refractivity contribution in [1.29, 1.82) is 0 Å². The minimum atomic E-state index is -0.225. The molecule has 1 aliphatic carbocycles. The average molecular weight is 331 g/mol. The van der Waals surface area contributed by atoms with Crippen molar-refractivity contribution in [2.45, 2.75) is 31.6 Å². The molecule has 2 aliphatic rings. The van der Waals surface area contributed by atoms with E-state index in [0.29, 0.717) is 11.7 Å². The molecule has 0 amide bonds. The highest BCUT2D eigenvalue weighted by Crippen LogP contribution is 2.39. The van der Waals surface area contributed by atoms with Gasteiger partial charge in [0.05, 0.1) is 24.5 Å². The zero-order valence-corrected chi connectivity index (χ0v) is 14.1. The first kappa shape index (κ1) is 15.7. The first-order chi connectivity index (χ1) is 11.5. The van der Waals surface area contributed by atoms with Gasteiger partial charge in [0.1, 0.15) is 5.82 Å². The zero-order chi connectivity index (χ0) is 16.7. The van der Waals surface area contributed by atoms with Crippen molar-refractivity contribution in [3.05, 3.63) is 46.9 Å². The molecule has 24 heavy (non-hydrogen) atoms. The van der Waals surface area contributed by atoms with Crippen molar-refractivity contribution in [2.75, 3.05) is 32.8 Å². The lowest BCUT2D eigenvalue weighted by Gasteiger charge is -2.32. The van der Waals surface area contributed by atoms with Gasteiger partial charge < -0.3 is 9.26 Å². The molecule has 2 heterocycles. The summed E-state index contributed by atoms with van der Waals surface area (Å²) in [6.45, 7) is 8.50. The smallest absolute Gasteiger partial charge is 0.233 e. The fourth-order valence-electron chi connectivity index (χ4n) is 3.54. The van der Waals surface area contributed by atoms with Crippen LogP contribution in [0.1, 0.15) is 42.6 Å². The van der Waals surface area contributed by atoms with Gasteiger partial charge in [0, 0.05) is 19.6 Å². The zero-order valence-electron chi connectivity index (χ0n) is 14.1. The second-order valence-corrected chi connectivity index (χ2v) is 7.33. The number of aromatic nitrogens is 2. The molecule has 5 nitrogen and oxygen atoms in total. The highest BCUT2D eigenvalue weighted by Gasteiger charge is 2.35. The number of hydrogen-bond acceptors (Lipinski definition) is 5. The van der Waals surface area contributed by atoms with Crippen molar-refractivity contribution >= 4 is 0 Å². The molecule has 1 saturated heterocycles. The van der Waals surface area contributed by atoms with Crippen LogP contribution in [0.25, 0.3) is 0 Å². The second kappa shape index (κ2) is 5.93. The Morgan fingerprint density at radius 1 is 1.29 bits per heavy atom. The van der Waals surface area contributed by atoms with Crippen LogP contribution in [0.15, 0.2) is 22.7 Å². The van der Waals surface area contributed by atoms with Crippen LogP contribution in [0.3, 0.4) is 0 Å². The van der Waals surface area contributed by atoms with E-state index in [2.05, 4.69) is 28.9 Å². The van der Waals surface area contributed by atoms with Crippen molar-refractivity contribution in [2.24, 2.45) is 0 Å². The first-order valence-corrected chi connectivity index (χ1v) is 8.45. The van der Waals surface area contributed by atoms with E-state index in [4.69, 9.17) is 9.26 Å². The van der Waals surface area contributed by atoms with Gasteiger partial charge in [0.2, 0.25) is 5.89 Å². The fourth-order valence-corrected chi connectivity index (χ4v) is 3.54. The number of fused-ring (bicyclic) bond motifs is 1. The van der Waals surface area contributed by atoms with Crippen LogP contribution in [-0.4, -0.2) is 47.9 Å². The summed E-state index contributed by atoms with van der Waals surface area (Å²) < 4.78 is 24.4. The Labute approximate surface area is 140 Å². The van der Waals surface area contributed by atoms with Gasteiger partial charge >= 0.3 is 0 Å². The van der Waals surface area contributed by atoms with E-state index in [1.165, 1.54) is 11.6 Å². The van der Waals surface area contributed by atoms with Crippen molar-refractivity contribution < 1.29 is 13.7 Å². The molecule has 6 heteroatoms. The Morgan fingerprint density at radius 2 is 2.08 bits per heavy atom. The standard InChI is InChI=1S/C18H22FN3O2/c1-18(2,11-22-5-7-23-8-6-22)17-20-16(21-24-17)15-9-12-3-4-13(19)10-14(12)15/h3-4,10,15H,5-9,11H2,1-2H3. The summed E-state index contributed by atoms with van der Waals surface area (Å²) in [5, 5.41) is 4.17. The minimum Gasteiger partial charge on any atom is -0.379 e. The predicted octanol–water partition coefficient (Wildman–Crippen LogP) is 2.51. The molecule has 1 unspecified atom stereocenters. The Bertz CT molecular complexity index is 738. The number of ether oxygens (including phenoxy) is 1. The van der Waals surface area contributed by atoms with Crippen LogP contribution in [0.5, 0.6) is 0 Å². The molecule has 128 valence electrons. The summed E-state index contributed by atoms with van der Waals surface area (Å²) in [7, 11) is 0. The molecule has 0 N–H and O–H groups in total. The Balaban J connectivity index is 1.50. The van der Waals surface area contributed by atoms with Gasteiger partial charge in [-0.3, -0.25) is 4.90 Å². The van der Waals surface area contributed by atoms with Gasteiger partial charge in [0.15, 0.2) is 5.82 Å². The summed E-state index contributed by atoms with van der Waals surface area (Å²) in [5.74, 6) is 1.15. The normalized spacial score (nSPS) is 21.4. The van der Waals surface area contributed by atoms with Crippen molar-refractivity contribution in [1.82, 2.24) is 15.0 Å².